The van der Waals surface area contributed by atoms with E-state index in [1.54, 1.807) is 6.92 Å². The molecule has 0 radical (unpaired) electrons. The molecule has 0 fully saturated rings. The minimum atomic E-state index is 0.229. The Morgan fingerprint density at radius 3 is 2.54 bits per heavy atom. The van der Waals surface area contributed by atoms with Gasteiger partial charge >= 0.3 is 0 Å². The first-order chi connectivity index (χ1) is 6.16. The topological polar surface area (TPSA) is 17.1 Å². The third-order valence-corrected chi connectivity index (χ3v) is 1.78. The molecule has 0 aromatic rings. The van der Waals surface area contributed by atoms with E-state index in [0.717, 1.165) is 12.8 Å². The second-order valence-corrected chi connectivity index (χ2v) is 3.43. The summed E-state index contributed by atoms with van der Waals surface area (Å²) in [5, 5.41) is 0. The molecule has 0 saturated carbocycles. The summed E-state index contributed by atoms with van der Waals surface area (Å²) in [4.78, 5) is 10.6. The minimum absolute atomic E-state index is 0.229. The zero-order valence-corrected chi connectivity index (χ0v) is 8.92. The van der Waals surface area contributed by atoms with Crippen LogP contribution in [0.2, 0.25) is 0 Å². The molecule has 0 spiro atoms. The number of carbonyl (C=O) groups is 1. The summed E-state index contributed by atoms with van der Waals surface area (Å²) in [6.07, 6.45) is 11.2. The molecule has 0 aliphatic carbocycles. The van der Waals surface area contributed by atoms with Crippen molar-refractivity contribution in [2.45, 2.75) is 40.0 Å². The Kier molecular flexibility index (Phi) is 7.27. The lowest BCUT2D eigenvalue weighted by Gasteiger charge is -1.99. The van der Waals surface area contributed by atoms with Crippen molar-refractivity contribution in [3.05, 3.63) is 24.3 Å². The van der Waals surface area contributed by atoms with Gasteiger partial charge in [0.2, 0.25) is 0 Å². The smallest absolute Gasteiger partial charge is 0.133 e. The van der Waals surface area contributed by atoms with Crippen molar-refractivity contribution in [3.8, 4) is 0 Å². The third kappa shape index (κ3) is 9.06. The highest BCUT2D eigenvalue weighted by Crippen LogP contribution is 2.05. The van der Waals surface area contributed by atoms with Crippen molar-refractivity contribution in [1.29, 1.82) is 0 Å². The molecule has 74 valence electrons. The van der Waals surface area contributed by atoms with Gasteiger partial charge in [-0.2, -0.15) is 0 Å². The van der Waals surface area contributed by atoms with E-state index in [4.69, 9.17) is 0 Å². The molecule has 0 bridgehead atoms. The molecule has 1 unspecified atom stereocenters. The van der Waals surface area contributed by atoms with Crippen molar-refractivity contribution >= 4 is 5.78 Å². The van der Waals surface area contributed by atoms with Crippen molar-refractivity contribution in [3.63, 3.8) is 0 Å². The first-order valence-corrected chi connectivity index (χ1v) is 4.98. The SMILES string of the molecule is CCC=CCC(C)C=CCC(C)=O. The van der Waals surface area contributed by atoms with Crippen LogP contribution in [0.5, 0.6) is 0 Å². The normalized spacial score (nSPS) is 14.1. The van der Waals surface area contributed by atoms with Gasteiger partial charge in [0, 0.05) is 6.42 Å². The first kappa shape index (κ1) is 12.2. The Hall–Kier alpha value is -0.850. The molecule has 0 aromatic carbocycles. The highest BCUT2D eigenvalue weighted by Gasteiger charge is 1.92. The van der Waals surface area contributed by atoms with Crippen LogP contribution in [0.15, 0.2) is 24.3 Å². The molecule has 0 saturated heterocycles. The largest absolute Gasteiger partial charge is 0.300 e. The third-order valence-electron chi connectivity index (χ3n) is 1.78. The van der Waals surface area contributed by atoms with Gasteiger partial charge in [-0.15, -0.1) is 0 Å². The van der Waals surface area contributed by atoms with Crippen molar-refractivity contribution in [2.24, 2.45) is 5.92 Å². The highest BCUT2D eigenvalue weighted by molar-refractivity contribution is 5.76. The van der Waals surface area contributed by atoms with Gasteiger partial charge in [-0.3, -0.25) is 4.79 Å². The fourth-order valence-corrected chi connectivity index (χ4v) is 1.02. The van der Waals surface area contributed by atoms with E-state index in [1.165, 1.54) is 0 Å². The van der Waals surface area contributed by atoms with Crippen molar-refractivity contribution < 1.29 is 4.79 Å². The monoisotopic (exact) mass is 180 g/mol. The molecular weight excluding hydrogens is 160 g/mol. The molecule has 0 aliphatic rings. The predicted octanol–water partition coefficient (Wildman–Crippen LogP) is 3.51. The fourth-order valence-electron chi connectivity index (χ4n) is 1.02. The Labute approximate surface area is 81.5 Å². The molecule has 1 nitrogen and oxygen atoms in total. The number of Topliss-reactive ketones (excluding diaryl/α,β-unsaturated/α-hetero) is 1. The van der Waals surface area contributed by atoms with Gasteiger partial charge in [-0.05, 0) is 25.7 Å². The van der Waals surface area contributed by atoms with Gasteiger partial charge in [-0.25, -0.2) is 0 Å². The maximum atomic E-state index is 10.6. The van der Waals surface area contributed by atoms with Gasteiger partial charge in [0.05, 0.1) is 0 Å². The number of allylic oxidation sites excluding steroid dienone is 4. The Morgan fingerprint density at radius 1 is 1.31 bits per heavy atom. The van der Waals surface area contributed by atoms with Gasteiger partial charge < -0.3 is 0 Å². The molecule has 1 atom stereocenters. The number of rotatable bonds is 6. The quantitative estimate of drug-likeness (QED) is 0.572. The molecule has 1 heteroatoms. The van der Waals surface area contributed by atoms with Crippen LogP contribution < -0.4 is 0 Å². The molecule has 0 aliphatic heterocycles. The van der Waals surface area contributed by atoms with E-state index in [1.807, 2.05) is 6.08 Å². The lowest BCUT2D eigenvalue weighted by Crippen LogP contribution is -1.89. The maximum Gasteiger partial charge on any atom is 0.133 e. The average molecular weight is 180 g/mol. The van der Waals surface area contributed by atoms with Gasteiger partial charge in [0.15, 0.2) is 0 Å². The van der Waals surface area contributed by atoms with E-state index in [-0.39, 0.29) is 5.78 Å². The summed E-state index contributed by atoms with van der Waals surface area (Å²) in [5.74, 6) is 0.773. The summed E-state index contributed by atoms with van der Waals surface area (Å²) in [6, 6.07) is 0. The second kappa shape index (κ2) is 7.78. The van der Waals surface area contributed by atoms with Crippen LogP contribution in [0.3, 0.4) is 0 Å². The molecule has 0 amide bonds. The molecule has 0 rings (SSSR count). The fraction of sp³-hybridized carbons (Fsp3) is 0.583. The van der Waals surface area contributed by atoms with Crippen LogP contribution in [-0.4, -0.2) is 5.78 Å². The average Bonchev–Trinajstić information content (AvgIpc) is 2.04. The summed E-state index contributed by atoms with van der Waals surface area (Å²) < 4.78 is 0. The van der Waals surface area contributed by atoms with E-state index in [9.17, 15) is 4.79 Å². The van der Waals surface area contributed by atoms with Crippen LogP contribution in [-0.2, 0) is 4.79 Å². The summed E-state index contributed by atoms with van der Waals surface area (Å²) >= 11 is 0. The molecule has 0 heterocycles. The Morgan fingerprint density at radius 2 is 2.00 bits per heavy atom. The number of hydrogen-bond acceptors (Lipinski definition) is 1. The van der Waals surface area contributed by atoms with Crippen LogP contribution in [0.1, 0.15) is 40.0 Å². The molecular formula is C12H20O. The zero-order valence-electron chi connectivity index (χ0n) is 8.92. The van der Waals surface area contributed by atoms with Gasteiger partial charge in [0.25, 0.3) is 0 Å². The van der Waals surface area contributed by atoms with Crippen LogP contribution in [0, 0.1) is 5.92 Å². The Bertz CT molecular complexity index is 189. The minimum Gasteiger partial charge on any atom is -0.300 e. The second-order valence-electron chi connectivity index (χ2n) is 3.43. The highest BCUT2D eigenvalue weighted by atomic mass is 16.1. The van der Waals surface area contributed by atoms with Crippen LogP contribution >= 0.6 is 0 Å². The van der Waals surface area contributed by atoms with Crippen molar-refractivity contribution in [1.82, 2.24) is 0 Å². The van der Waals surface area contributed by atoms with E-state index in [0.29, 0.717) is 12.3 Å². The molecule has 0 aromatic heterocycles. The predicted molar refractivity (Wildman–Crippen MR) is 57.7 cm³/mol. The van der Waals surface area contributed by atoms with E-state index >= 15 is 0 Å². The zero-order chi connectivity index (χ0) is 10.1. The lowest BCUT2D eigenvalue weighted by atomic mass is 10.1. The summed E-state index contributed by atoms with van der Waals surface area (Å²) in [7, 11) is 0. The number of ketones is 1. The molecule has 0 N–H and O–H groups in total. The first-order valence-electron chi connectivity index (χ1n) is 4.98. The number of hydrogen-bond donors (Lipinski definition) is 0. The van der Waals surface area contributed by atoms with Gasteiger partial charge in [-0.1, -0.05) is 38.2 Å². The molecule has 13 heavy (non-hydrogen) atoms. The Balaban J connectivity index is 3.60. The van der Waals surface area contributed by atoms with Gasteiger partial charge in [0.1, 0.15) is 5.78 Å². The number of carbonyl (C=O) groups excluding carboxylic acids is 1. The summed E-state index contributed by atoms with van der Waals surface area (Å²) in [5.41, 5.74) is 0. The van der Waals surface area contributed by atoms with Crippen molar-refractivity contribution in [2.75, 3.05) is 0 Å². The maximum absolute atomic E-state index is 10.6. The summed E-state index contributed by atoms with van der Waals surface area (Å²) in [6.45, 7) is 5.91. The van der Waals surface area contributed by atoms with E-state index < -0.39 is 0 Å². The van der Waals surface area contributed by atoms with E-state index in [2.05, 4.69) is 32.1 Å². The van der Waals surface area contributed by atoms with Crippen LogP contribution in [0.4, 0.5) is 0 Å². The standard InChI is InChI=1S/C12H20O/c1-4-5-6-8-11(2)9-7-10-12(3)13/h5-7,9,11H,4,8,10H2,1-3H3. The van der Waals surface area contributed by atoms with Crippen LogP contribution in [0.25, 0.3) is 0 Å². The lowest BCUT2D eigenvalue weighted by molar-refractivity contribution is -0.116.